The van der Waals surface area contributed by atoms with Gasteiger partial charge in [0.1, 0.15) is 11.6 Å². The van der Waals surface area contributed by atoms with Gasteiger partial charge in [0, 0.05) is 12.8 Å². The average Bonchev–Trinajstić information content (AvgIpc) is 2.38. The molecular formula is C18H19FO. The summed E-state index contributed by atoms with van der Waals surface area (Å²) in [4.78, 5) is 12.2. The van der Waals surface area contributed by atoms with Crippen LogP contribution >= 0.6 is 0 Å². The van der Waals surface area contributed by atoms with Crippen molar-refractivity contribution in [2.24, 2.45) is 0 Å². The van der Waals surface area contributed by atoms with E-state index in [2.05, 4.69) is 0 Å². The Bertz CT molecular complexity index is 588. The maximum atomic E-state index is 13.2. The van der Waals surface area contributed by atoms with Gasteiger partial charge in [0.2, 0.25) is 0 Å². The number of carbonyl (C=O) groups is 1. The van der Waals surface area contributed by atoms with Crippen LogP contribution < -0.4 is 0 Å². The third kappa shape index (κ3) is 3.53. The number of hydrogen-bond donors (Lipinski definition) is 0. The van der Waals surface area contributed by atoms with Gasteiger partial charge in [-0.3, -0.25) is 4.79 Å². The Morgan fingerprint density at radius 3 is 2.10 bits per heavy atom. The molecule has 0 spiro atoms. The van der Waals surface area contributed by atoms with Gasteiger partial charge in [-0.1, -0.05) is 29.8 Å². The summed E-state index contributed by atoms with van der Waals surface area (Å²) < 4.78 is 13.2. The lowest BCUT2D eigenvalue weighted by Gasteiger charge is -2.08. The SMILES string of the molecule is Cc1ccc(C)c(CC(=O)Cc2cc(F)ccc2C)c1. The van der Waals surface area contributed by atoms with Gasteiger partial charge in [-0.05, 0) is 55.2 Å². The van der Waals surface area contributed by atoms with Crippen LogP contribution in [0, 0.1) is 26.6 Å². The van der Waals surface area contributed by atoms with E-state index in [-0.39, 0.29) is 18.0 Å². The molecule has 2 aromatic carbocycles. The topological polar surface area (TPSA) is 17.1 Å². The van der Waals surface area contributed by atoms with Crippen molar-refractivity contribution in [2.45, 2.75) is 33.6 Å². The van der Waals surface area contributed by atoms with E-state index in [0.717, 1.165) is 27.8 Å². The number of rotatable bonds is 4. The van der Waals surface area contributed by atoms with Gasteiger partial charge in [-0.2, -0.15) is 0 Å². The molecular weight excluding hydrogens is 251 g/mol. The monoisotopic (exact) mass is 270 g/mol. The molecule has 104 valence electrons. The molecule has 0 aromatic heterocycles. The van der Waals surface area contributed by atoms with Gasteiger partial charge in [-0.15, -0.1) is 0 Å². The maximum Gasteiger partial charge on any atom is 0.141 e. The van der Waals surface area contributed by atoms with Crippen molar-refractivity contribution in [1.29, 1.82) is 0 Å². The molecule has 0 saturated carbocycles. The summed E-state index contributed by atoms with van der Waals surface area (Å²) in [7, 11) is 0. The van der Waals surface area contributed by atoms with Crippen LogP contribution in [-0.2, 0) is 17.6 Å². The molecule has 2 aromatic rings. The van der Waals surface area contributed by atoms with Crippen LogP contribution in [-0.4, -0.2) is 5.78 Å². The van der Waals surface area contributed by atoms with Crippen LogP contribution in [0.1, 0.15) is 27.8 Å². The van der Waals surface area contributed by atoms with Gasteiger partial charge >= 0.3 is 0 Å². The van der Waals surface area contributed by atoms with Crippen molar-refractivity contribution in [1.82, 2.24) is 0 Å². The molecule has 0 aliphatic rings. The Morgan fingerprint density at radius 2 is 1.45 bits per heavy atom. The second kappa shape index (κ2) is 6.00. The van der Waals surface area contributed by atoms with E-state index in [1.165, 1.54) is 12.1 Å². The Morgan fingerprint density at radius 1 is 0.900 bits per heavy atom. The number of carbonyl (C=O) groups excluding carboxylic acids is 1. The quantitative estimate of drug-likeness (QED) is 0.817. The first-order chi connectivity index (χ1) is 9.45. The molecule has 0 saturated heterocycles. The fourth-order valence-electron chi connectivity index (χ4n) is 2.31. The summed E-state index contributed by atoms with van der Waals surface area (Å²) in [5.74, 6) is -0.169. The largest absolute Gasteiger partial charge is 0.299 e. The van der Waals surface area contributed by atoms with E-state index in [0.29, 0.717) is 6.42 Å². The molecule has 0 heterocycles. The lowest BCUT2D eigenvalue weighted by molar-refractivity contribution is -0.117. The molecule has 0 aliphatic heterocycles. The predicted octanol–water partition coefficient (Wildman–Crippen LogP) is 4.11. The molecule has 0 radical (unpaired) electrons. The summed E-state index contributed by atoms with van der Waals surface area (Å²) in [6.45, 7) is 5.93. The highest BCUT2D eigenvalue weighted by Gasteiger charge is 2.10. The molecule has 0 amide bonds. The standard InChI is InChI=1S/C18H19FO/c1-12-4-5-13(2)15(8-12)10-18(20)11-16-9-17(19)7-6-14(16)3/h4-9H,10-11H2,1-3H3. The molecule has 0 unspecified atom stereocenters. The lowest BCUT2D eigenvalue weighted by atomic mass is 9.96. The molecule has 1 nitrogen and oxygen atoms in total. The first-order valence-corrected chi connectivity index (χ1v) is 6.78. The van der Waals surface area contributed by atoms with E-state index in [1.54, 1.807) is 6.07 Å². The zero-order valence-electron chi connectivity index (χ0n) is 12.2. The first kappa shape index (κ1) is 14.4. The second-order valence-corrected chi connectivity index (χ2v) is 5.39. The molecule has 0 N–H and O–H groups in total. The van der Waals surface area contributed by atoms with Crippen molar-refractivity contribution in [3.05, 3.63) is 70.0 Å². The minimum absolute atomic E-state index is 0.118. The van der Waals surface area contributed by atoms with E-state index in [1.807, 2.05) is 39.0 Å². The third-order valence-corrected chi connectivity index (χ3v) is 3.59. The maximum absolute atomic E-state index is 13.2. The number of halogens is 1. The van der Waals surface area contributed by atoms with E-state index >= 15 is 0 Å². The molecule has 2 rings (SSSR count). The zero-order valence-corrected chi connectivity index (χ0v) is 12.2. The number of hydrogen-bond acceptors (Lipinski definition) is 1. The minimum atomic E-state index is -0.287. The minimum Gasteiger partial charge on any atom is -0.299 e. The highest BCUT2D eigenvalue weighted by Crippen LogP contribution is 2.15. The van der Waals surface area contributed by atoms with Crippen LogP contribution in [0.5, 0.6) is 0 Å². The van der Waals surface area contributed by atoms with Gasteiger partial charge in [0.25, 0.3) is 0 Å². The van der Waals surface area contributed by atoms with E-state index < -0.39 is 0 Å². The third-order valence-electron chi connectivity index (χ3n) is 3.59. The van der Waals surface area contributed by atoms with Crippen LogP contribution in [0.4, 0.5) is 4.39 Å². The molecule has 0 fully saturated rings. The Balaban J connectivity index is 2.13. The Kier molecular flexibility index (Phi) is 4.33. The van der Waals surface area contributed by atoms with E-state index in [4.69, 9.17) is 0 Å². The van der Waals surface area contributed by atoms with Crippen LogP contribution in [0.3, 0.4) is 0 Å². The Hall–Kier alpha value is -1.96. The van der Waals surface area contributed by atoms with Gasteiger partial charge in [-0.25, -0.2) is 4.39 Å². The summed E-state index contributed by atoms with van der Waals surface area (Å²) >= 11 is 0. The van der Waals surface area contributed by atoms with Crippen LogP contribution in [0.25, 0.3) is 0 Å². The average molecular weight is 270 g/mol. The van der Waals surface area contributed by atoms with Crippen LogP contribution in [0.2, 0.25) is 0 Å². The van der Waals surface area contributed by atoms with Crippen molar-refractivity contribution >= 4 is 5.78 Å². The molecule has 0 atom stereocenters. The fourth-order valence-corrected chi connectivity index (χ4v) is 2.31. The van der Waals surface area contributed by atoms with Gasteiger partial charge in [0.15, 0.2) is 0 Å². The fraction of sp³-hybridized carbons (Fsp3) is 0.278. The zero-order chi connectivity index (χ0) is 14.7. The molecule has 0 bridgehead atoms. The molecule has 20 heavy (non-hydrogen) atoms. The predicted molar refractivity (Wildman–Crippen MR) is 79.5 cm³/mol. The van der Waals surface area contributed by atoms with Crippen molar-refractivity contribution in [3.63, 3.8) is 0 Å². The van der Waals surface area contributed by atoms with Crippen molar-refractivity contribution in [3.8, 4) is 0 Å². The number of benzene rings is 2. The Labute approximate surface area is 119 Å². The summed E-state index contributed by atoms with van der Waals surface area (Å²) in [6.07, 6.45) is 0.695. The summed E-state index contributed by atoms with van der Waals surface area (Å²) in [6, 6.07) is 10.7. The van der Waals surface area contributed by atoms with Gasteiger partial charge in [0.05, 0.1) is 0 Å². The van der Waals surface area contributed by atoms with E-state index in [9.17, 15) is 9.18 Å². The number of Topliss-reactive ketones (excluding diaryl/α,β-unsaturated/α-hetero) is 1. The highest BCUT2D eigenvalue weighted by atomic mass is 19.1. The smallest absolute Gasteiger partial charge is 0.141 e. The first-order valence-electron chi connectivity index (χ1n) is 6.78. The molecule has 0 aliphatic carbocycles. The molecule has 2 heteroatoms. The van der Waals surface area contributed by atoms with Gasteiger partial charge < -0.3 is 0 Å². The van der Waals surface area contributed by atoms with Crippen molar-refractivity contribution in [2.75, 3.05) is 0 Å². The highest BCUT2D eigenvalue weighted by molar-refractivity contribution is 5.83. The summed E-state index contributed by atoms with van der Waals surface area (Å²) in [5, 5.41) is 0. The second-order valence-electron chi connectivity index (χ2n) is 5.39. The summed E-state index contributed by atoms with van der Waals surface area (Å²) in [5.41, 5.74) is 5.07. The lowest BCUT2D eigenvalue weighted by Crippen LogP contribution is -2.09. The normalized spacial score (nSPS) is 10.6. The number of aryl methyl sites for hydroxylation is 3. The van der Waals surface area contributed by atoms with Crippen LogP contribution in [0.15, 0.2) is 36.4 Å². The van der Waals surface area contributed by atoms with Crippen molar-refractivity contribution < 1.29 is 9.18 Å². The number of ketones is 1.